The van der Waals surface area contributed by atoms with Gasteiger partial charge in [-0.3, -0.25) is 0 Å². The van der Waals surface area contributed by atoms with Crippen LogP contribution in [0.1, 0.15) is 11.5 Å². The Morgan fingerprint density at radius 3 is 2.48 bits per heavy atom. The number of benzene rings is 2. The molecule has 2 aliphatic rings. The lowest BCUT2D eigenvalue weighted by Crippen LogP contribution is -2.15. The molecule has 1 aliphatic heterocycles. The van der Waals surface area contributed by atoms with Crippen LogP contribution in [-0.4, -0.2) is 26.5 Å². The molecule has 7 heteroatoms. The molecule has 4 rings (SSSR count). The molecule has 1 aliphatic carbocycles. The second-order valence-corrected chi connectivity index (χ2v) is 8.22. The fourth-order valence-electron chi connectivity index (χ4n) is 3.02. The van der Waals surface area contributed by atoms with Crippen molar-refractivity contribution in [2.45, 2.75) is 22.1 Å². The Hall–Kier alpha value is -1.76. The van der Waals surface area contributed by atoms with E-state index >= 15 is 0 Å². The number of fused-ring (bicyclic) bond motifs is 1. The maximum absolute atomic E-state index is 12.8. The Kier molecular flexibility index (Phi) is 3.30. The number of halogens is 1. The zero-order chi connectivity index (χ0) is 16.2. The summed E-state index contributed by atoms with van der Waals surface area (Å²) in [4.78, 5) is 0.241. The smallest absolute Gasteiger partial charge is 0.231 e. The highest BCUT2D eigenvalue weighted by atomic mass is 35.5. The number of sulfone groups is 1. The molecule has 5 nitrogen and oxygen atoms in total. The van der Waals surface area contributed by atoms with Gasteiger partial charge in [-0.2, -0.15) is 0 Å². The summed E-state index contributed by atoms with van der Waals surface area (Å²) in [5.74, 6) is 1.05. The molecule has 0 spiro atoms. The number of hydrogen-bond donors (Lipinski definition) is 1. The maximum atomic E-state index is 12.8. The molecule has 0 amide bonds. The van der Waals surface area contributed by atoms with Gasteiger partial charge in [-0.05, 0) is 42.0 Å². The van der Waals surface area contributed by atoms with Crippen LogP contribution in [0.15, 0.2) is 47.4 Å². The molecule has 1 heterocycles. The van der Waals surface area contributed by atoms with Crippen LogP contribution in [0.25, 0.3) is 0 Å². The standard InChI is InChI=1S/C16H14ClNO4S/c17-10-2-4-11(5-3-10)23(19,20)16-14(15(16)18)9-1-6-12-13(7-9)22-8-21-12/h1-7,14-16H,8,18H2/t14-,15-,16-/m1/s1. The van der Waals surface area contributed by atoms with Gasteiger partial charge in [-0.15, -0.1) is 0 Å². The van der Waals surface area contributed by atoms with Crippen LogP contribution < -0.4 is 15.2 Å². The van der Waals surface area contributed by atoms with E-state index in [1.165, 1.54) is 12.1 Å². The SMILES string of the molecule is N[C@@H]1[C@@H](c2ccc3c(c2)OCO3)[C@H]1S(=O)(=O)c1ccc(Cl)cc1. The lowest BCUT2D eigenvalue weighted by Gasteiger charge is -2.05. The van der Waals surface area contributed by atoms with Crippen molar-refractivity contribution in [1.29, 1.82) is 0 Å². The molecule has 120 valence electrons. The van der Waals surface area contributed by atoms with Crippen molar-refractivity contribution in [1.82, 2.24) is 0 Å². The molecular weight excluding hydrogens is 338 g/mol. The van der Waals surface area contributed by atoms with Crippen molar-refractivity contribution in [3.8, 4) is 11.5 Å². The average molecular weight is 352 g/mol. The molecule has 2 aromatic rings. The van der Waals surface area contributed by atoms with Crippen molar-refractivity contribution < 1.29 is 17.9 Å². The van der Waals surface area contributed by atoms with E-state index in [9.17, 15) is 8.42 Å². The molecule has 2 aromatic carbocycles. The van der Waals surface area contributed by atoms with Crippen molar-refractivity contribution in [3.63, 3.8) is 0 Å². The second-order valence-electron chi connectivity index (χ2n) is 5.68. The van der Waals surface area contributed by atoms with Gasteiger partial charge >= 0.3 is 0 Å². The van der Waals surface area contributed by atoms with Gasteiger partial charge in [0.15, 0.2) is 21.3 Å². The largest absolute Gasteiger partial charge is 0.454 e. The Labute approximate surface area is 138 Å². The van der Waals surface area contributed by atoms with Gasteiger partial charge in [0.2, 0.25) is 6.79 Å². The van der Waals surface area contributed by atoms with Crippen LogP contribution in [0.5, 0.6) is 11.5 Å². The normalized spacial score (nSPS) is 25.4. The molecule has 0 unspecified atom stereocenters. The van der Waals surface area contributed by atoms with Crippen LogP contribution in [0.3, 0.4) is 0 Å². The van der Waals surface area contributed by atoms with E-state index < -0.39 is 21.1 Å². The molecule has 1 saturated carbocycles. The highest BCUT2D eigenvalue weighted by Gasteiger charge is 2.57. The summed E-state index contributed by atoms with van der Waals surface area (Å²) in [6, 6.07) is 11.2. The van der Waals surface area contributed by atoms with E-state index in [1.807, 2.05) is 12.1 Å². The van der Waals surface area contributed by atoms with Gasteiger partial charge in [0, 0.05) is 17.0 Å². The molecule has 0 bridgehead atoms. The summed E-state index contributed by atoms with van der Waals surface area (Å²) in [7, 11) is -3.50. The predicted octanol–water partition coefficient (Wildman–Crippen LogP) is 2.34. The minimum Gasteiger partial charge on any atom is -0.454 e. The average Bonchev–Trinajstić information content (AvgIpc) is 3.01. The first-order valence-corrected chi connectivity index (χ1v) is 9.05. The van der Waals surface area contributed by atoms with Crippen LogP contribution in [0, 0.1) is 0 Å². The van der Waals surface area contributed by atoms with Gasteiger partial charge in [0.25, 0.3) is 0 Å². The van der Waals surface area contributed by atoms with Crippen LogP contribution in [0.4, 0.5) is 0 Å². The van der Waals surface area contributed by atoms with Gasteiger partial charge < -0.3 is 15.2 Å². The lowest BCUT2D eigenvalue weighted by molar-refractivity contribution is 0.174. The topological polar surface area (TPSA) is 78.6 Å². The van der Waals surface area contributed by atoms with Gasteiger partial charge in [-0.1, -0.05) is 17.7 Å². The van der Waals surface area contributed by atoms with E-state index in [0.717, 1.165) is 5.56 Å². The molecule has 0 saturated heterocycles. The minimum absolute atomic E-state index is 0.183. The molecule has 3 atom stereocenters. The molecule has 0 aromatic heterocycles. The van der Waals surface area contributed by atoms with Crippen molar-refractivity contribution >= 4 is 21.4 Å². The Morgan fingerprint density at radius 1 is 1.04 bits per heavy atom. The number of hydrogen-bond acceptors (Lipinski definition) is 5. The first-order chi connectivity index (χ1) is 11.0. The number of rotatable bonds is 3. The molecule has 0 radical (unpaired) electrons. The summed E-state index contributed by atoms with van der Waals surface area (Å²) in [5, 5.41) is -0.139. The molecule has 23 heavy (non-hydrogen) atoms. The zero-order valence-electron chi connectivity index (χ0n) is 12.0. The summed E-state index contributed by atoms with van der Waals surface area (Å²) >= 11 is 5.82. The first-order valence-electron chi connectivity index (χ1n) is 7.13. The highest BCUT2D eigenvalue weighted by molar-refractivity contribution is 7.92. The van der Waals surface area contributed by atoms with Crippen molar-refractivity contribution in [2.24, 2.45) is 5.73 Å². The van der Waals surface area contributed by atoms with Crippen LogP contribution >= 0.6 is 11.6 Å². The van der Waals surface area contributed by atoms with E-state index in [1.54, 1.807) is 18.2 Å². The first kappa shape index (κ1) is 14.8. The predicted molar refractivity (Wildman–Crippen MR) is 85.7 cm³/mol. The maximum Gasteiger partial charge on any atom is 0.231 e. The summed E-state index contributed by atoms with van der Waals surface area (Å²) in [5.41, 5.74) is 6.92. The zero-order valence-corrected chi connectivity index (χ0v) is 13.5. The summed E-state index contributed by atoms with van der Waals surface area (Å²) in [6.45, 7) is 0.183. The van der Waals surface area contributed by atoms with E-state index in [4.69, 9.17) is 26.8 Å². The summed E-state index contributed by atoms with van der Waals surface area (Å²) < 4.78 is 36.1. The Bertz CT molecular complexity index is 866. The van der Waals surface area contributed by atoms with E-state index in [2.05, 4.69) is 0 Å². The monoisotopic (exact) mass is 351 g/mol. The van der Waals surface area contributed by atoms with Gasteiger partial charge in [0.1, 0.15) is 0 Å². The Balaban J connectivity index is 1.65. The highest BCUT2D eigenvalue weighted by Crippen LogP contribution is 2.49. The fraction of sp³-hybridized carbons (Fsp3) is 0.250. The summed E-state index contributed by atoms with van der Waals surface area (Å²) in [6.07, 6.45) is 0. The quantitative estimate of drug-likeness (QED) is 0.918. The lowest BCUT2D eigenvalue weighted by atomic mass is 10.1. The van der Waals surface area contributed by atoms with Crippen LogP contribution in [0.2, 0.25) is 5.02 Å². The van der Waals surface area contributed by atoms with Crippen molar-refractivity contribution in [3.05, 3.63) is 53.1 Å². The molecular formula is C16H14ClNO4S. The van der Waals surface area contributed by atoms with Gasteiger partial charge in [0.05, 0.1) is 10.1 Å². The van der Waals surface area contributed by atoms with E-state index in [0.29, 0.717) is 16.5 Å². The fourth-order valence-corrected chi connectivity index (χ4v) is 5.19. The number of nitrogens with two attached hydrogens (primary N) is 1. The third-order valence-electron chi connectivity index (χ3n) is 4.29. The minimum atomic E-state index is -3.50. The van der Waals surface area contributed by atoms with E-state index in [-0.39, 0.29) is 17.6 Å². The third kappa shape index (κ3) is 2.38. The molecule has 2 N–H and O–H groups in total. The second kappa shape index (κ2) is 5.12. The molecule has 1 fully saturated rings. The third-order valence-corrected chi connectivity index (χ3v) is 6.79. The van der Waals surface area contributed by atoms with Crippen LogP contribution in [-0.2, 0) is 9.84 Å². The van der Waals surface area contributed by atoms with Gasteiger partial charge in [-0.25, -0.2) is 8.42 Å². The Morgan fingerprint density at radius 2 is 1.74 bits per heavy atom. The van der Waals surface area contributed by atoms with Crippen molar-refractivity contribution in [2.75, 3.05) is 6.79 Å². The number of ether oxygens (including phenoxy) is 2.